The minimum absolute atomic E-state index is 0.0956. The molecule has 0 amide bonds. The number of rotatable bonds is 4. The highest BCUT2D eigenvalue weighted by Gasteiger charge is 2.32. The van der Waals surface area contributed by atoms with Crippen LogP contribution in [0.25, 0.3) is 0 Å². The van der Waals surface area contributed by atoms with E-state index in [0.29, 0.717) is 0 Å². The van der Waals surface area contributed by atoms with Gasteiger partial charge in [-0.25, -0.2) is 0 Å². The van der Waals surface area contributed by atoms with E-state index in [0.717, 1.165) is 37.9 Å². The summed E-state index contributed by atoms with van der Waals surface area (Å²) in [5, 5.41) is 11.4. The second-order valence-electron chi connectivity index (χ2n) is 4.41. The lowest BCUT2D eigenvalue weighted by atomic mass is 9.82. The summed E-state index contributed by atoms with van der Waals surface area (Å²) in [5.41, 5.74) is 0.118. The zero-order chi connectivity index (χ0) is 12.3. The third-order valence-corrected chi connectivity index (χ3v) is 4.35. The van der Waals surface area contributed by atoms with Gasteiger partial charge in [0.25, 0.3) is 0 Å². The van der Waals surface area contributed by atoms with Crippen LogP contribution in [-0.2, 0) is 11.3 Å². The Morgan fingerprint density at radius 1 is 1.59 bits per heavy atom. The summed E-state index contributed by atoms with van der Waals surface area (Å²) < 4.78 is 7.15. The maximum Gasteiger partial charge on any atom is 0.381 e. The molecule has 94 valence electrons. The molecule has 2 rings (SSSR count). The Labute approximate surface area is 107 Å². The Morgan fingerprint density at radius 3 is 2.82 bits per heavy atom. The summed E-state index contributed by atoms with van der Waals surface area (Å²) >= 11 is 3.54. The summed E-state index contributed by atoms with van der Waals surface area (Å²) in [6, 6.07) is 0. The third kappa shape index (κ3) is 2.84. The molecule has 1 aromatic heterocycles. The van der Waals surface area contributed by atoms with Crippen molar-refractivity contribution in [3.8, 4) is 0 Å². The molecule has 1 aliphatic heterocycles. The smallest absolute Gasteiger partial charge is 0.381 e. The van der Waals surface area contributed by atoms with Gasteiger partial charge in [0, 0.05) is 30.5 Å². The topological polar surface area (TPSA) is 70.2 Å². The standard InChI is InChI=1S/C10H14BrN3O3/c11-6-10(1-3-17-4-2-10)7-13-5-9(12-8-13)14(15)16/h5,8H,1-4,6-7H2. The van der Waals surface area contributed by atoms with Crippen molar-refractivity contribution in [2.45, 2.75) is 19.4 Å². The Hall–Kier alpha value is -0.950. The van der Waals surface area contributed by atoms with Crippen LogP contribution in [-0.4, -0.2) is 33.0 Å². The lowest BCUT2D eigenvalue weighted by Gasteiger charge is -2.35. The molecule has 0 radical (unpaired) electrons. The van der Waals surface area contributed by atoms with Gasteiger partial charge in [-0.1, -0.05) is 15.9 Å². The van der Waals surface area contributed by atoms with Gasteiger partial charge in [-0.3, -0.25) is 0 Å². The number of aromatic nitrogens is 2. The molecule has 0 aromatic carbocycles. The van der Waals surface area contributed by atoms with Gasteiger partial charge in [-0.2, -0.15) is 0 Å². The molecule has 0 atom stereocenters. The number of hydrogen-bond donors (Lipinski definition) is 0. The fourth-order valence-electron chi connectivity index (χ4n) is 2.05. The van der Waals surface area contributed by atoms with Crippen molar-refractivity contribution >= 4 is 21.7 Å². The Kier molecular flexibility index (Phi) is 3.78. The van der Waals surface area contributed by atoms with Gasteiger partial charge in [0.1, 0.15) is 6.20 Å². The summed E-state index contributed by atoms with van der Waals surface area (Å²) in [5.74, 6) is -0.0956. The van der Waals surface area contributed by atoms with E-state index in [-0.39, 0.29) is 11.2 Å². The Balaban J connectivity index is 2.09. The number of alkyl halides is 1. The van der Waals surface area contributed by atoms with E-state index in [1.54, 1.807) is 4.57 Å². The summed E-state index contributed by atoms with van der Waals surface area (Å²) in [7, 11) is 0. The SMILES string of the molecule is O=[N+]([O-])c1cn(CC2(CBr)CCOCC2)cn1. The molecule has 1 saturated heterocycles. The first-order valence-corrected chi connectivity index (χ1v) is 6.57. The van der Waals surface area contributed by atoms with Crippen molar-refractivity contribution < 1.29 is 9.66 Å². The monoisotopic (exact) mass is 303 g/mol. The van der Waals surface area contributed by atoms with Crippen molar-refractivity contribution in [3.63, 3.8) is 0 Å². The average Bonchev–Trinajstić information content (AvgIpc) is 2.79. The molecule has 0 aliphatic carbocycles. The van der Waals surface area contributed by atoms with Crippen LogP contribution in [0.5, 0.6) is 0 Å². The van der Waals surface area contributed by atoms with Crippen molar-refractivity contribution in [1.29, 1.82) is 0 Å². The summed E-state index contributed by atoms with van der Waals surface area (Å²) in [4.78, 5) is 13.8. The molecule has 0 spiro atoms. The maximum atomic E-state index is 10.6. The lowest BCUT2D eigenvalue weighted by Crippen LogP contribution is -2.35. The zero-order valence-electron chi connectivity index (χ0n) is 9.34. The minimum atomic E-state index is -0.471. The van der Waals surface area contributed by atoms with Crippen LogP contribution in [0, 0.1) is 15.5 Å². The number of imidazole rings is 1. The predicted molar refractivity (Wildman–Crippen MR) is 65.2 cm³/mol. The van der Waals surface area contributed by atoms with Gasteiger partial charge in [-0.05, 0) is 22.7 Å². The van der Waals surface area contributed by atoms with E-state index in [2.05, 4.69) is 20.9 Å². The maximum absolute atomic E-state index is 10.6. The first-order chi connectivity index (χ1) is 8.15. The van der Waals surface area contributed by atoms with Crippen molar-refractivity contribution in [3.05, 3.63) is 22.6 Å². The first kappa shape index (κ1) is 12.5. The number of nitrogens with zero attached hydrogens (tertiary/aromatic N) is 3. The zero-order valence-corrected chi connectivity index (χ0v) is 10.9. The molecule has 2 heterocycles. The van der Waals surface area contributed by atoms with Crippen LogP contribution in [0.4, 0.5) is 5.82 Å². The van der Waals surface area contributed by atoms with Crippen molar-refractivity contribution in [2.75, 3.05) is 18.5 Å². The quantitative estimate of drug-likeness (QED) is 0.484. The van der Waals surface area contributed by atoms with E-state index in [9.17, 15) is 10.1 Å². The van der Waals surface area contributed by atoms with E-state index in [1.807, 2.05) is 0 Å². The Morgan fingerprint density at radius 2 is 2.29 bits per heavy atom. The van der Waals surface area contributed by atoms with Crippen molar-refractivity contribution in [2.24, 2.45) is 5.41 Å². The summed E-state index contributed by atoms with van der Waals surface area (Å²) in [6.45, 7) is 2.24. The summed E-state index contributed by atoms with van der Waals surface area (Å²) in [6.07, 6.45) is 4.94. The van der Waals surface area contributed by atoms with E-state index in [1.165, 1.54) is 12.5 Å². The molecule has 1 fully saturated rings. The average molecular weight is 304 g/mol. The number of ether oxygens (including phenoxy) is 1. The molecular formula is C10H14BrN3O3. The third-order valence-electron chi connectivity index (χ3n) is 3.16. The van der Waals surface area contributed by atoms with Gasteiger partial charge in [-0.15, -0.1) is 0 Å². The van der Waals surface area contributed by atoms with Gasteiger partial charge >= 0.3 is 5.82 Å². The highest BCUT2D eigenvalue weighted by atomic mass is 79.9. The molecule has 0 bridgehead atoms. The van der Waals surface area contributed by atoms with Crippen LogP contribution in [0.15, 0.2) is 12.5 Å². The lowest BCUT2D eigenvalue weighted by molar-refractivity contribution is -0.389. The second kappa shape index (κ2) is 5.14. The van der Waals surface area contributed by atoms with Crippen LogP contribution in [0.3, 0.4) is 0 Å². The Bertz CT molecular complexity index is 401. The van der Waals surface area contributed by atoms with E-state index < -0.39 is 4.92 Å². The fourth-order valence-corrected chi connectivity index (χ4v) is 2.79. The van der Waals surface area contributed by atoms with Crippen LogP contribution in [0.1, 0.15) is 12.8 Å². The largest absolute Gasteiger partial charge is 0.381 e. The highest BCUT2D eigenvalue weighted by molar-refractivity contribution is 9.09. The molecule has 1 aliphatic rings. The fraction of sp³-hybridized carbons (Fsp3) is 0.700. The van der Waals surface area contributed by atoms with E-state index in [4.69, 9.17) is 4.74 Å². The molecule has 17 heavy (non-hydrogen) atoms. The van der Waals surface area contributed by atoms with Gasteiger partial charge in [0.15, 0.2) is 0 Å². The van der Waals surface area contributed by atoms with Gasteiger partial charge < -0.3 is 19.4 Å². The predicted octanol–water partition coefficient (Wildman–Crippen LogP) is 1.98. The number of hydrogen-bond acceptors (Lipinski definition) is 4. The molecule has 1 aromatic rings. The van der Waals surface area contributed by atoms with Crippen molar-refractivity contribution in [1.82, 2.24) is 9.55 Å². The van der Waals surface area contributed by atoms with Crippen LogP contribution in [0.2, 0.25) is 0 Å². The molecule has 6 nitrogen and oxygen atoms in total. The highest BCUT2D eigenvalue weighted by Crippen LogP contribution is 2.34. The molecular weight excluding hydrogens is 290 g/mol. The second-order valence-corrected chi connectivity index (χ2v) is 4.97. The first-order valence-electron chi connectivity index (χ1n) is 5.45. The molecule has 7 heteroatoms. The van der Waals surface area contributed by atoms with Crippen LogP contribution < -0.4 is 0 Å². The normalized spacial score (nSPS) is 19.1. The molecule has 0 saturated carbocycles. The van der Waals surface area contributed by atoms with Gasteiger partial charge in [0.2, 0.25) is 6.33 Å². The number of nitro groups is 1. The number of halogens is 1. The van der Waals surface area contributed by atoms with E-state index >= 15 is 0 Å². The minimum Gasteiger partial charge on any atom is -0.381 e. The molecule has 0 N–H and O–H groups in total. The molecule has 0 unspecified atom stereocenters. The van der Waals surface area contributed by atoms with Crippen LogP contribution >= 0.6 is 15.9 Å². The van der Waals surface area contributed by atoms with Gasteiger partial charge in [0.05, 0.1) is 0 Å².